The number of ether oxygens (including phenoxy) is 1. The van der Waals surface area contributed by atoms with Gasteiger partial charge in [-0.3, -0.25) is 4.79 Å². The van der Waals surface area contributed by atoms with Crippen molar-refractivity contribution in [2.75, 3.05) is 6.61 Å². The van der Waals surface area contributed by atoms with Crippen molar-refractivity contribution in [3.05, 3.63) is 63.7 Å². The molecule has 0 saturated heterocycles. The largest absolute Gasteiger partial charge is 0.493 e. The zero-order valence-corrected chi connectivity index (χ0v) is 12.0. The maximum atomic E-state index is 11.8. The molecule has 2 nitrogen and oxygen atoms in total. The Bertz CT molecular complexity index is 506. The molecule has 0 unspecified atom stereocenters. The number of hydrogen-bond donors (Lipinski definition) is 0. The van der Waals surface area contributed by atoms with Crippen LogP contribution < -0.4 is 4.74 Å². The number of hydrogen-bond acceptors (Lipinski definition) is 2. The minimum absolute atomic E-state index is 0.112. The van der Waals surface area contributed by atoms with Gasteiger partial charge in [-0.25, -0.2) is 0 Å². The monoisotopic (exact) mass is 352 g/mol. The van der Waals surface area contributed by atoms with Crippen molar-refractivity contribution in [1.29, 1.82) is 0 Å². The molecule has 0 aliphatic heterocycles. The molecule has 0 aliphatic carbocycles. The van der Waals surface area contributed by atoms with Crippen LogP contribution in [-0.4, -0.2) is 12.4 Å². The summed E-state index contributed by atoms with van der Waals surface area (Å²) in [4.78, 5) is 11.8. The van der Waals surface area contributed by atoms with Crippen molar-refractivity contribution in [1.82, 2.24) is 0 Å². The van der Waals surface area contributed by atoms with Gasteiger partial charge in [0.25, 0.3) is 0 Å². The van der Waals surface area contributed by atoms with Crippen LogP contribution in [0, 0.1) is 3.57 Å². The highest BCUT2D eigenvalue weighted by molar-refractivity contribution is 14.1. The van der Waals surface area contributed by atoms with E-state index in [2.05, 4.69) is 22.6 Å². The van der Waals surface area contributed by atoms with Gasteiger partial charge in [0.2, 0.25) is 0 Å². The molecule has 0 saturated carbocycles. The van der Waals surface area contributed by atoms with Gasteiger partial charge < -0.3 is 4.74 Å². The fourth-order valence-electron chi connectivity index (χ4n) is 1.56. The normalized spacial score (nSPS) is 10.1. The van der Waals surface area contributed by atoms with E-state index in [9.17, 15) is 4.79 Å². The first kappa shape index (κ1) is 13.1. The first-order valence-electron chi connectivity index (χ1n) is 5.72. The summed E-state index contributed by atoms with van der Waals surface area (Å²) >= 11 is 2.24. The molecule has 0 bridgehead atoms. The second-order valence-electron chi connectivity index (χ2n) is 3.84. The number of carbonyl (C=O) groups is 1. The van der Waals surface area contributed by atoms with Gasteiger partial charge >= 0.3 is 0 Å². The van der Waals surface area contributed by atoms with E-state index in [1.54, 1.807) is 0 Å². The molecule has 18 heavy (non-hydrogen) atoms. The van der Waals surface area contributed by atoms with Crippen LogP contribution in [-0.2, 0) is 0 Å². The number of benzene rings is 2. The maximum absolute atomic E-state index is 11.8. The molecule has 0 aliphatic rings. The first-order valence-corrected chi connectivity index (χ1v) is 6.80. The summed E-state index contributed by atoms with van der Waals surface area (Å²) in [6, 6.07) is 17.1. The van der Waals surface area contributed by atoms with E-state index in [4.69, 9.17) is 4.74 Å². The maximum Gasteiger partial charge on any atom is 0.166 e. The molecule has 0 N–H and O–H groups in total. The quantitative estimate of drug-likeness (QED) is 0.602. The van der Waals surface area contributed by atoms with Crippen molar-refractivity contribution < 1.29 is 9.53 Å². The number of Topliss-reactive ketones (excluding diaryl/α,β-unsaturated/α-hetero) is 1. The molecule has 92 valence electrons. The van der Waals surface area contributed by atoms with Crippen molar-refractivity contribution in [2.24, 2.45) is 0 Å². The summed E-state index contributed by atoms with van der Waals surface area (Å²) in [5.74, 6) is 0.914. The lowest BCUT2D eigenvalue weighted by Crippen LogP contribution is -2.06. The minimum atomic E-state index is 0.112. The molecule has 3 heteroatoms. The van der Waals surface area contributed by atoms with Gasteiger partial charge in [0.15, 0.2) is 5.78 Å². The minimum Gasteiger partial charge on any atom is -0.493 e. The van der Waals surface area contributed by atoms with Crippen LogP contribution in [0.1, 0.15) is 16.8 Å². The van der Waals surface area contributed by atoms with Crippen LogP contribution >= 0.6 is 22.6 Å². The molecule has 0 atom stereocenters. The van der Waals surface area contributed by atoms with E-state index >= 15 is 0 Å². The smallest absolute Gasteiger partial charge is 0.166 e. The lowest BCUT2D eigenvalue weighted by Gasteiger charge is -2.05. The summed E-state index contributed by atoms with van der Waals surface area (Å²) in [6.07, 6.45) is 0.399. The lowest BCUT2D eigenvalue weighted by atomic mass is 10.1. The molecule has 0 fully saturated rings. The third-order valence-electron chi connectivity index (χ3n) is 2.51. The Morgan fingerprint density at radius 2 is 1.67 bits per heavy atom. The Morgan fingerprint density at radius 1 is 1.00 bits per heavy atom. The number of ketones is 1. The molecular formula is C15H13IO2. The van der Waals surface area contributed by atoms with E-state index in [-0.39, 0.29) is 5.78 Å². The van der Waals surface area contributed by atoms with E-state index in [1.165, 1.54) is 3.57 Å². The van der Waals surface area contributed by atoms with Crippen LogP contribution in [0.2, 0.25) is 0 Å². The molecule has 2 aromatic carbocycles. The summed E-state index contributed by atoms with van der Waals surface area (Å²) in [5, 5.41) is 0. The van der Waals surface area contributed by atoms with E-state index in [1.807, 2.05) is 54.6 Å². The zero-order valence-electron chi connectivity index (χ0n) is 9.80. The van der Waals surface area contributed by atoms with Crippen molar-refractivity contribution >= 4 is 28.4 Å². The molecule has 2 rings (SSSR count). The van der Waals surface area contributed by atoms with Crippen molar-refractivity contribution in [3.8, 4) is 5.75 Å². The van der Waals surface area contributed by atoms with Crippen LogP contribution in [0.15, 0.2) is 54.6 Å². The fraction of sp³-hybridized carbons (Fsp3) is 0.133. The van der Waals surface area contributed by atoms with E-state index < -0.39 is 0 Å². The zero-order chi connectivity index (χ0) is 12.8. The molecule has 0 radical (unpaired) electrons. The van der Waals surface area contributed by atoms with Crippen molar-refractivity contribution in [2.45, 2.75) is 6.42 Å². The first-order chi connectivity index (χ1) is 8.75. The fourth-order valence-corrected chi connectivity index (χ4v) is 1.92. The van der Waals surface area contributed by atoms with Crippen LogP contribution in [0.3, 0.4) is 0 Å². The second kappa shape index (κ2) is 6.54. The van der Waals surface area contributed by atoms with Crippen LogP contribution in [0.5, 0.6) is 5.75 Å². The average Bonchev–Trinajstić information content (AvgIpc) is 2.42. The Balaban J connectivity index is 1.82. The Morgan fingerprint density at radius 3 is 2.33 bits per heavy atom. The molecule has 0 spiro atoms. The summed E-state index contributed by atoms with van der Waals surface area (Å²) in [7, 11) is 0. The predicted octanol–water partition coefficient (Wildman–Crippen LogP) is 3.94. The van der Waals surface area contributed by atoms with Gasteiger partial charge in [0, 0.05) is 15.6 Å². The summed E-state index contributed by atoms with van der Waals surface area (Å²) in [5.41, 5.74) is 0.740. The van der Waals surface area contributed by atoms with Gasteiger partial charge in [0.05, 0.1) is 6.61 Å². The molecule has 2 aromatic rings. The average molecular weight is 352 g/mol. The van der Waals surface area contributed by atoms with E-state index in [0.29, 0.717) is 13.0 Å². The Hall–Kier alpha value is -1.36. The highest BCUT2D eigenvalue weighted by Crippen LogP contribution is 2.14. The third-order valence-corrected chi connectivity index (χ3v) is 3.23. The molecule has 0 aromatic heterocycles. The molecule has 0 amide bonds. The van der Waals surface area contributed by atoms with Crippen molar-refractivity contribution in [3.63, 3.8) is 0 Å². The van der Waals surface area contributed by atoms with Gasteiger partial charge in [-0.05, 0) is 46.9 Å². The highest BCUT2D eigenvalue weighted by atomic mass is 127. The Kier molecular flexibility index (Phi) is 4.75. The number of halogens is 1. The standard InChI is InChI=1S/C15H13IO2/c16-13-6-8-14(9-7-13)18-11-10-15(17)12-4-2-1-3-5-12/h1-9H,10-11H2. The predicted molar refractivity (Wildman–Crippen MR) is 80.0 cm³/mol. The highest BCUT2D eigenvalue weighted by Gasteiger charge is 2.04. The number of rotatable bonds is 5. The van der Waals surface area contributed by atoms with Gasteiger partial charge in [0.1, 0.15) is 5.75 Å². The molecular weight excluding hydrogens is 339 g/mol. The number of carbonyl (C=O) groups excluding carboxylic acids is 1. The lowest BCUT2D eigenvalue weighted by molar-refractivity contribution is 0.0962. The van der Waals surface area contributed by atoms with E-state index in [0.717, 1.165) is 11.3 Å². The third kappa shape index (κ3) is 3.84. The van der Waals surface area contributed by atoms with Gasteiger partial charge in [-0.1, -0.05) is 30.3 Å². The molecule has 0 heterocycles. The van der Waals surface area contributed by atoms with Crippen LogP contribution in [0.25, 0.3) is 0 Å². The van der Waals surface area contributed by atoms with Gasteiger partial charge in [-0.2, -0.15) is 0 Å². The van der Waals surface area contributed by atoms with Gasteiger partial charge in [-0.15, -0.1) is 0 Å². The SMILES string of the molecule is O=C(CCOc1ccc(I)cc1)c1ccccc1. The second-order valence-corrected chi connectivity index (χ2v) is 5.09. The van der Waals surface area contributed by atoms with Crippen LogP contribution in [0.4, 0.5) is 0 Å². The Labute approximate surface area is 120 Å². The summed E-state index contributed by atoms with van der Waals surface area (Å²) in [6.45, 7) is 0.411. The summed E-state index contributed by atoms with van der Waals surface area (Å²) < 4.78 is 6.70. The topological polar surface area (TPSA) is 26.3 Å².